The summed E-state index contributed by atoms with van der Waals surface area (Å²) >= 11 is 0. The van der Waals surface area contributed by atoms with Crippen molar-refractivity contribution in [1.29, 1.82) is 0 Å². The van der Waals surface area contributed by atoms with Crippen molar-refractivity contribution in [3.05, 3.63) is 29.3 Å². The van der Waals surface area contributed by atoms with Crippen molar-refractivity contribution in [3.63, 3.8) is 0 Å². The Balaban J connectivity index is 2.47. The number of hydrogen-bond acceptors (Lipinski definition) is 2. The van der Waals surface area contributed by atoms with Crippen LogP contribution in [0.2, 0.25) is 0 Å². The molecule has 1 fully saturated rings. The van der Waals surface area contributed by atoms with Crippen LogP contribution in [0, 0.1) is 11.6 Å². The van der Waals surface area contributed by atoms with E-state index in [4.69, 9.17) is 10.5 Å². The molecule has 0 saturated heterocycles. The van der Waals surface area contributed by atoms with Gasteiger partial charge in [0.05, 0.1) is 7.11 Å². The zero-order valence-corrected chi connectivity index (χ0v) is 10.6. The van der Waals surface area contributed by atoms with Crippen molar-refractivity contribution in [3.8, 4) is 5.75 Å². The monoisotopic (exact) mass is 255 g/mol. The molecule has 1 aliphatic rings. The molecular formula is C14H19F2NO. The van der Waals surface area contributed by atoms with Gasteiger partial charge >= 0.3 is 0 Å². The highest BCUT2D eigenvalue weighted by atomic mass is 19.1. The smallest absolute Gasteiger partial charge is 0.167 e. The molecule has 0 radical (unpaired) electrons. The zero-order chi connectivity index (χ0) is 13.2. The van der Waals surface area contributed by atoms with Gasteiger partial charge in [0.2, 0.25) is 0 Å². The van der Waals surface area contributed by atoms with Crippen LogP contribution < -0.4 is 10.5 Å². The summed E-state index contributed by atoms with van der Waals surface area (Å²) in [6.45, 7) is 0.388. The summed E-state index contributed by atoms with van der Waals surface area (Å²) in [5, 5.41) is 0. The number of benzene rings is 1. The van der Waals surface area contributed by atoms with Crippen LogP contribution in [-0.2, 0) is 5.41 Å². The predicted molar refractivity (Wildman–Crippen MR) is 66.7 cm³/mol. The number of rotatable bonds is 3. The van der Waals surface area contributed by atoms with E-state index in [0.717, 1.165) is 38.2 Å². The standard InChI is InChI=1S/C14H19F2NO/c1-18-13-7-10(11(15)8-12(13)16)14(9-17)5-3-2-4-6-14/h7-8H,2-6,9,17H2,1H3. The fourth-order valence-corrected chi connectivity index (χ4v) is 2.90. The highest BCUT2D eigenvalue weighted by molar-refractivity contribution is 5.37. The topological polar surface area (TPSA) is 35.2 Å². The maximum absolute atomic E-state index is 14.0. The Morgan fingerprint density at radius 2 is 1.83 bits per heavy atom. The van der Waals surface area contributed by atoms with Crippen molar-refractivity contribution in [2.24, 2.45) is 5.73 Å². The second-order valence-electron chi connectivity index (χ2n) is 5.01. The van der Waals surface area contributed by atoms with Crippen molar-refractivity contribution < 1.29 is 13.5 Å². The van der Waals surface area contributed by atoms with E-state index in [0.29, 0.717) is 12.1 Å². The Hall–Kier alpha value is -1.16. The van der Waals surface area contributed by atoms with E-state index in [1.54, 1.807) is 0 Å². The molecule has 1 aromatic rings. The minimum Gasteiger partial charge on any atom is -0.494 e. The molecule has 18 heavy (non-hydrogen) atoms. The molecule has 0 atom stereocenters. The molecule has 0 heterocycles. The lowest BCUT2D eigenvalue weighted by Crippen LogP contribution is -2.38. The third kappa shape index (κ3) is 2.21. The minimum absolute atomic E-state index is 0.0878. The lowest BCUT2D eigenvalue weighted by molar-refractivity contribution is 0.288. The SMILES string of the molecule is COc1cc(C2(CN)CCCCC2)c(F)cc1F. The van der Waals surface area contributed by atoms with E-state index >= 15 is 0 Å². The summed E-state index contributed by atoms with van der Waals surface area (Å²) in [5.41, 5.74) is 6.01. The third-order valence-electron chi connectivity index (χ3n) is 4.01. The average Bonchev–Trinajstić information content (AvgIpc) is 2.39. The van der Waals surface area contributed by atoms with E-state index < -0.39 is 11.6 Å². The van der Waals surface area contributed by atoms with E-state index in [-0.39, 0.29) is 11.2 Å². The average molecular weight is 255 g/mol. The van der Waals surface area contributed by atoms with Gasteiger partial charge in [0.1, 0.15) is 5.82 Å². The lowest BCUT2D eigenvalue weighted by atomic mass is 9.69. The van der Waals surface area contributed by atoms with Crippen LogP contribution in [-0.4, -0.2) is 13.7 Å². The Morgan fingerprint density at radius 1 is 1.17 bits per heavy atom. The molecule has 2 nitrogen and oxygen atoms in total. The number of methoxy groups -OCH3 is 1. The van der Waals surface area contributed by atoms with E-state index in [9.17, 15) is 8.78 Å². The molecule has 0 spiro atoms. The number of halogens is 2. The molecule has 0 amide bonds. The van der Waals surface area contributed by atoms with Crippen LogP contribution in [0.15, 0.2) is 12.1 Å². The van der Waals surface area contributed by atoms with Gasteiger partial charge in [-0.15, -0.1) is 0 Å². The van der Waals surface area contributed by atoms with E-state index in [1.165, 1.54) is 13.2 Å². The maximum Gasteiger partial charge on any atom is 0.167 e. The van der Waals surface area contributed by atoms with Gasteiger partial charge < -0.3 is 10.5 Å². The Kier molecular flexibility index (Phi) is 3.85. The van der Waals surface area contributed by atoms with Crippen LogP contribution in [0.1, 0.15) is 37.7 Å². The van der Waals surface area contributed by atoms with Gasteiger partial charge in [0.25, 0.3) is 0 Å². The molecular weight excluding hydrogens is 236 g/mol. The van der Waals surface area contributed by atoms with Crippen molar-refractivity contribution in [2.45, 2.75) is 37.5 Å². The molecule has 0 bridgehead atoms. The Bertz CT molecular complexity index is 428. The number of hydrogen-bond donors (Lipinski definition) is 1. The maximum atomic E-state index is 14.0. The summed E-state index contributed by atoms with van der Waals surface area (Å²) in [4.78, 5) is 0. The first kappa shape index (κ1) is 13.3. The lowest BCUT2D eigenvalue weighted by Gasteiger charge is -2.37. The highest BCUT2D eigenvalue weighted by Crippen LogP contribution is 2.41. The van der Waals surface area contributed by atoms with Gasteiger partial charge in [-0.1, -0.05) is 19.3 Å². The van der Waals surface area contributed by atoms with Crippen LogP contribution in [0.4, 0.5) is 8.78 Å². The molecule has 100 valence electrons. The highest BCUT2D eigenvalue weighted by Gasteiger charge is 2.35. The van der Waals surface area contributed by atoms with Crippen molar-refractivity contribution in [2.75, 3.05) is 13.7 Å². The summed E-state index contributed by atoms with van der Waals surface area (Å²) in [5.74, 6) is -1.09. The summed E-state index contributed by atoms with van der Waals surface area (Å²) < 4.78 is 32.4. The Morgan fingerprint density at radius 3 is 2.39 bits per heavy atom. The molecule has 2 N–H and O–H groups in total. The summed E-state index contributed by atoms with van der Waals surface area (Å²) in [6.07, 6.45) is 4.94. The van der Waals surface area contributed by atoms with Gasteiger partial charge in [-0.05, 0) is 24.5 Å². The van der Waals surface area contributed by atoms with Gasteiger partial charge in [-0.2, -0.15) is 0 Å². The van der Waals surface area contributed by atoms with Crippen LogP contribution in [0.5, 0.6) is 5.75 Å². The molecule has 0 aliphatic heterocycles. The van der Waals surface area contributed by atoms with Gasteiger partial charge in [-0.25, -0.2) is 8.78 Å². The molecule has 4 heteroatoms. The van der Waals surface area contributed by atoms with Crippen molar-refractivity contribution in [1.82, 2.24) is 0 Å². The zero-order valence-electron chi connectivity index (χ0n) is 10.6. The quantitative estimate of drug-likeness (QED) is 0.900. The van der Waals surface area contributed by atoms with E-state index in [1.807, 2.05) is 0 Å². The second-order valence-corrected chi connectivity index (χ2v) is 5.01. The predicted octanol–water partition coefficient (Wildman–Crippen LogP) is 3.13. The normalized spacial score (nSPS) is 18.7. The van der Waals surface area contributed by atoms with Crippen LogP contribution in [0.3, 0.4) is 0 Å². The van der Waals surface area contributed by atoms with Gasteiger partial charge in [-0.3, -0.25) is 0 Å². The first-order chi connectivity index (χ1) is 8.63. The number of nitrogens with two attached hydrogens (primary N) is 1. The first-order valence-corrected chi connectivity index (χ1v) is 6.36. The molecule has 0 unspecified atom stereocenters. The summed E-state index contributed by atoms with van der Waals surface area (Å²) in [7, 11) is 1.39. The van der Waals surface area contributed by atoms with Crippen LogP contribution >= 0.6 is 0 Å². The fourth-order valence-electron chi connectivity index (χ4n) is 2.90. The van der Waals surface area contributed by atoms with Gasteiger partial charge in [0, 0.05) is 18.0 Å². The second kappa shape index (κ2) is 5.22. The largest absolute Gasteiger partial charge is 0.494 e. The van der Waals surface area contributed by atoms with Crippen LogP contribution in [0.25, 0.3) is 0 Å². The fraction of sp³-hybridized carbons (Fsp3) is 0.571. The van der Waals surface area contributed by atoms with E-state index in [2.05, 4.69) is 0 Å². The summed E-state index contributed by atoms with van der Waals surface area (Å²) in [6, 6.07) is 2.38. The molecule has 1 aliphatic carbocycles. The molecule has 2 rings (SSSR count). The van der Waals surface area contributed by atoms with Crippen molar-refractivity contribution >= 4 is 0 Å². The molecule has 1 aromatic carbocycles. The Labute approximate surface area is 106 Å². The molecule has 1 saturated carbocycles. The minimum atomic E-state index is -0.665. The number of ether oxygens (including phenoxy) is 1. The first-order valence-electron chi connectivity index (χ1n) is 6.36. The van der Waals surface area contributed by atoms with Gasteiger partial charge in [0.15, 0.2) is 11.6 Å². The third-order valence-corrected chi connectivity index (χ3v) is 4.01. The molecule has 0 aromatic heterocycles.